The number of thiocarbonyl (C=S) groups is 1. The highest BCUT2D eigenvalue weighted by molar-refractivity contribution is 7.80. The molecule has 1 saturated carbocycles. The molecule has 0 amide bonds. The maximum atomic E-state index is 5.55. The van der Waals surface area contributed by atoms with Crippen molar-refractivity contribution in [3.05, 3.63) is 12.2 Å². The highest BCUT2D eigenvalue weighted by Crippen LogP contribution is 2.52. The average molecular weight is 266 g/mol. The van der Waals surface area contributed by atoms with Gasteiger partial charge >= 0.3 is 0 Å². The van der Waals surface area contributed by atoms with Crippen LogP contribution < -0.4 is 5.32 Å². The summed E-state index contributed by atoms with van der Waals surface area (Å²) >= 11 is 5.55. The van der Waals surface area contributed by atoms with E-state index in [4.69, 9.17) is 12.2 Å². The standard InChI is InChI=1S/C15H26N2S/c1-11(2)8-16-13(18)17-10-15(5)7-12(17)6-14(3,4)9-15/h12H,1,6-10H2,2-5H3,(H,16,18)/t12-,15-/m0/s1. The zero-order valence-electron chi connectivity index (χ0n) is 12.2. The van der Waals surface area contributed by atoms with Crippen molar-refractivity contribution < 1.29 is 0 Å². The summed E-state index contributed by atoms with van der Waals surface area (Å²) in [4.78, 5) is 2.42. The summed E-state index contributed by atoms with van der Waals surface area (Å²) in [6.45, 7) is 15.1. The van der Waals surface area contributed by atoms with Gasteiger partial charge in [-0.15, -0.1) is 0 Å². The molecule has 0 unspecified atom stereocenters. The quantitative estimate of drug-likeness (QED) is 0.609. The molecule has 1 heterocycles. The minimum atomic E-state index is 0.446. The molecule has 2 atom stereocenters. The molecule has 1 aliphatic heterocycles. The minimum Gasteiger partial charge on any atom is -0.359 e. The molecule has 2 fully saturated rings. The van der Waals surface area contributed by atoms with Crippen LogP contribution in [0.25, 0.3) is 0 Å². The third kappa shape index (κ3) is 2.87. The van der Waals surface area contributed by atoms with Crippen molar-refractivity contribution in [1.82, 2.24) is 10.2 Å². The number of likely N-dealkylation sites (tertiary alicyclic amines) is 1. The predicted octanol–water partition coefficient (Wildman–Crippen LogP) is 3.34. The molecular formula is C15H26N2S. The van der Waals surface area contributed by atoms with Gasteiger partial charge in [-0.1, -0.05) is 32.9 Å². The number of nitrogens with one attached hydrogen (secondary N) is 1. The van der Waals surface area contributed by atoms with Gasteiger partial charge in [0.05, 0.1) is 0 Å². The predicted molar refractivity (Wildman–Crippen MR) is 81.6 cm³/mol. The van der Waals surface area contributed by atoms with Gasteiger partial charge in [0.15, 0.2) is 5.11 Å². The summed E-state index contributed by atoms with van der Waals surface area (Å²) in [6.07, 6.45) is 3.87. The topological polar surface area (TPSA) is 15.3 Å². The van der Waals surface area contributed by atoms with Crippen LogP contribution in [0.2, 0.25) is 0 Å². The molecule has 102 valence electrons. The van der Waals surface area contributed by atoms with Crippen molar-refractivity contribution in [3.8, 4) is 0 Å². The minimum absolute atomic E-state index is 0.446. The first-order valence-corrected chi connectivity index (χ1v) is 7.31. The zero-order valence-corrected chi connectivity index (χ0v) is 13.0. The summed E-state index contributed by atoms with van der Waals surface area (Å²) in [5.74, 6) is 0. The van der Waals surface area contributed by atoms with Crippen LogP contribution in [-0.4, -0.2) is 29.1 Å². The summed E-state index contributed by atoms with van der Waals surface area (Å²) < 4.78 is 0. The fourth-order valence-corrected chi connectivity index (χ4v) is 4.31. The molecule has 2 rings (SSSR count). The van der Waals surface area contributed by atoms with Gasteiger partial charge in [-0.05, 0) is 49.2 Å². The molecule has 1 N–H and O–H groups in total. The van der Waals surface area contributed by atoms with E-state index in [1.165, 1.54) is 19.3 Å². The molecule has 0 aromatic carbocycles. The van der Waals surface area contributed by atoms with Gasteiger partial charge in [-0.2, -0.15) is 0 Å². The fourth-order valence-electron chi connectivity index (χ4n) is 4.03. The summed E-state index contributed by atoms with van der Waals surface area (Å²) in [7, 11) is 0. The highest BCUT2D eigenvalue weighted by atomic mass is 32.1. The van der Waals surface area contributed by atoms with Crippen LogP contribution in [0.4, 0.5) is 0 Å². The van der Waals surface area contributed by atoms with Crippen molar-refractivity contribution in [2.75, 3.05) is 13.1 Å². The van der Waals surface area contributed by atoms with E-state index in [-0.39, 0.29) is 0 Å². The normalized spacial score (nSPS) is 33.3. The highest BCUT2D eigenvalue weighted by Gasteiger charge is 2.50. The second-order valence-electron chi connectivity index (χ2n) is 7.46. The Labute approximate surface area is 117 Å². The van der Waals surface area contributed by atoms with Crippen molar-refractivity contribution in [2.45, 2.75) is 53.0 Å². The van der Waals surface area contributed by atoms with E-state index in [1.807, 2.05) is 6.92 Å². The fraction of sp³-hybridized carbons (Fsp3) is 0.800. The molecule has 2 aliphatic rings. The maximum absolute atomic E-state index is 5.55. The Kier molecular flexibility index (Phi) is 3.48. The van der Waals surface area contributed by atoms with Gasteiger partial charge in [-0.3, -0.25) is 0 Å². The van der Waals surface area contributed by atoms with Gasteiger partial charge in [0.25, 0.3) is 0 Å². The molecule has 0 radical (unpaired) electrons. The van der Waals surface area contributed by atoms with E-state index in [2.05, 4.69) is 37.6 Å². The largest absolute Gasteiger partial charge is 0.359 e. The molecule has 1 saturated heterocycles. The van der Waals surface area contributed by atoms with Gasteiger partial charge in [0.1, 0.15) is 0 Å². The number of nitrogens with zero attached hydrogens (tertiary/aromatic N) is 1. The van der Waals surface area contributed by atoms with Gasteiger partial charge < -0.3 is 10.2 Å². The van der Waals surface area contributed by atoms with E-state index >= 15 is 0 Å². The molecule has 1 aliphatic carbocycles. The van der Waals surface area contributed by atoms with Crippen LogP contribution in [0.5, 0.6) is 0 Å². The lowest BCUT2D eigenvalue weighted by Gasteiger charge is -2.39. The van der Waals surface area contributed by atoms with Crippen LogP contribution in [0.15, 0.2) is 12.2 Å². The van der Waals surface area contributed by atoms with Crippen LogP contribution in [0.3, 0.4) is 0 Å². The molecular weight excluding hydrogens is 240 g/mol. The maximum Gasteiger partial charge on any atom is 0.169 e. The molecule has 3 heteroatoms. The van der Waals surface area contributed by atoms with Crippen molar-refractivity contribution in [1.29, 1.82) is 0 Å². The lowest BCUT2D eigenvalue weighted by Crippen LogP contribution is -2.43. The zero-order chi connectivity index (χ0) is 13.6. The van der Waals surface area contributed by atoms with Gasteiger partial charge in [0.2, 0.25) is 0 Å². The number of hydrogen-bond acceptors (Lipinski definition) is 1. The second-order valence-corrected chi connectivity index (χ2v) is 7.84. The first kappa shape index (κ1) is 13.9. The lowest BCUT2D eigenvalue weighted by atomic mass is 9.65. The first-order valence-electron chi connectivity index (χ1n) is 6.90. The van der Waals surface area contributed by atoms with Crippen molar-refractivity contribution >= 4 is 17.3 Å². The lowest BCUT2D eigenvalue weighted by molar-refractivity contribution is 0.132. The smallest absolute Gasteiger partial charge is 0.169 e. The number of hydrogen-bond donors (Lipinski definition) is 1. The molecule has 2 bridgehead atoms. The Bertz CT molecular complexity index is 375. The molecule has 0 spiro atoms. The molecule has 0 aromatic heterocycles. The van der Waals surface area contributed by atoms with E-state index in [0.29, 0.717) is 16.9 Å². The number of fused-ring (bicyclic) bond motifs is 2. The molecule has 0 aromatic rings. The summed E-state index contributed by atoms with van der Waals surface area (Å²) in [5.41, 5.74) is 2.03. The van der Waals surface area contributed by atoms with E-state index in [9.17, 15) is 0 Å². The SMILES string of the molecule is C=C(C)CNC(=S)N1C[C@@]2(C)C[C@@H]1CC(C)(C)C2. The Morgan fingerprint density at radius 1 is 1.39 bits per heavy atom. The molecule has 18 heavy (non-hydrogen) atoms. The second kappa shape index (κ2) is 4.52. The van der Waals surface area contributed by atoms with Gasteiger partial charge in [-0.25, -0.2) is 0 Å². The Morgan fingerprint density at radius 2 is 2.06 bits per heavy atom. The average Bonchev–Trinajstić information content (AvgIpc) is 2.44. The van der Waals surface area contributed by atoms with Crippen molar-refractivity contribution in [2.24, 2.45) is 10.8 Å². The Balaban J connectivity index is 2.04. The number of rotatable bonds is 2. The van der Waals surface area contributed by atoms with E-state index in [1.54, 1.807) is 0 Å². The third-order valence-corrected chi connectivity index (χ3v) is 4.60. The van der Waals surface area contributed by atoms with Crippen LogP contribution >= 0.6 is 12.2 Å². The van der Waals surface area contributed by atoms with Crippen LogP contribution in [-0.2, 0) is 0 Å². The Morgan fingerprint density at radius 3 is 2.67 bits per heavy atom. The van der Waals surface area contributed by atoms with Gasteiger partial charge in [0, 0.05) is 19.1 Å². The van der Waals surface area contributed by atoms with E-state index < -0.39 is 0 Å². The van der Waals surface area contributed by atoms with Crippen LogP contribution in [0, 0.1) is 10.8 Å². The summed E-state index contributed by atoms with van der Waals surface area (Å²) in [5, 5.41) is 4.26. The van der Waals surface area contributed by atoms with Crippen molar-refractivity contribution in [3.63, 3.8) is 0 Å². The van der Waals surface area contributed by atoms with Crippen LogP contribution in [0.1, 0.15) is 47.0 Å². The monoisotopic (exact) mass is 266 g/mol. The Hall–Kier alpha value is -0.570. The summed E-state index contributed by atoms with van der Waals surface area (Å²) in [6, 6.07) is 0.629. The van der Waals surface area contributed by atoms with E-state index in [0.717, 1.165) is 23.8 Å². The first-order chi connectivity index (χ1) is 8.21. The molecule has 2 nitrogen and oxygen atoms in total. The third-order valence-electron chi connectivity index (χ3n) is 4.22.